The van der Waals surface area contributed by atoms with Gasteiger partial charge in [0.2, 0.25) is 5.91 Å². The first-order valence-electron chi connectivity index (χ1n) is 6.18. The van der Waals surface area contributed by atoms with E-state index >= 15 is 0 Å². The van der Waals surface area contributed by atoms with Crippen molar-refractivity contribution in [1.29, 1.82) is 0 Å². The normalized spacial score (nSPS) is 15.2. The van der Waals surface area contributed by atoms with E-state index in [9.17, 15) is 18.0 Å². The molecule has 2 rings (SSSR count). The number of carbonyl (C=O) groups is 2. The lowest BCUT2D eigenvalue weighted by atomic mass is 10.1. The molecule has 5 nitrogen and oxygen atoms in total. The maximum atomic E-state index is 11.6. The van der Waals surface area contributed by atoms with Gasteiger partial charge in [-0.3, -0.25) is 4.79 Å². The van der Waals surface area contributed by atoms with Gasteiger partial charge in [0, 0.05) is 24.3 Å². The Balaban J connectivity index is 0.000000270. The summed E-state index contributed by atoms with van der Waals surface area (Å²) in [6, 6.07) is 7.49. The number of nitrogens with two attached hydrogens (primary N) is 1. The Morgan fingerprint density at radius 1 is 1.29 bits per heavy atom. The van der Waals surface area contributed by atoms with Crippen molar-refractivity contribution in [3.8, 4) is 0 Å². The third-order valence-corrected chi connectivity index (χ3v) is 2.75. The van der Waals surface area contributed by atoms with Gasteiger partial charge in [0.1, 0.15) is 0 Å². The third-order valence-electron chi connectivity index (χ3n) is 2.75. The number of nitrogens with zero attached hydrogens (tertiary/aromatic N) is 1. The molecule has 8 heteroatoms. The molecule has 0 bridgehead atoms. The van der Waals surface area contributed by atoms with Crippen molar-refractivity contribution >= 4 is 23.3 Å². The Morgan fingerprint density at radius 3 is 2.38 bits per heavy atom. The standard InChI is InChI=1S/C11H14N2O.C2HF3O2/c12-9-4-3-5-10(8-9)13-7-2-1-6-11(13)14;3-2(4,5)1(6)7/h3-5,8H,1-2,6-7,12H2;(H,6,7). The molecule has 1 aromatic carbocycles. The summed E-state index contributed by atoms with van der Waals surface area (Å²) in [5.41, 5.74) is 7.31. The number of carboxylic acid groups (broad SMARTS) is 1. The highest BCUT2D eigenvalue weighted by Gasteiger charge is 2.38. The van der Waals surface area contributed by atoms with Gasteiger partial charge in [-0.2, -0.15) is 13.2 Å². The number of benzene rings is 1. The van der Waals surface area contributed by atoms with E-state index in [-0.39, 0.29) is 5.91 Å². The molecule has 1 fully saturated rings. The van der Waals surface area contributed by atoms with Crippen LogP contribution in [-0.2, 0) is 9.59 Å². The monoisotopic (exact) mass is 304 g/mol. The second-order valence-corrected chi connectivity index (χ2v) is 4.40. The largest absolute Gasteiger partial charge is 0.490 e. The lowest BCUT2D eigenvalue weighted by molar-refractivity contribution is -0.192. The van der Waals surface area contributed by atoms with Gasteiger partial charge in [0.25, 0.3) is 0 Å². The van der Waals surface area contributed by atoms with Crippen LogP contribution in [0.15, 0.2) is 24.3 Å². The summed E-state index contributed by atoms with van der Waals surface area (Å²) in [5.74, 6) is -2.55. The summed E-state index contributed by atoms with van der Waals surface area (Å²) in [4.78, 5) is 22.3. The average Bonchev–Trinajstić information content (AvgIpc) is 2.39. The molecular weight excluding hydrogens is 289 g/mol. The second kappa shape index (κ2) is 6.96. The molecule has 0 spiro atoms. The van der Waals surface area contributed by atoms with Crippen LogP contribution < -0.4 is 10.6 Å². The fourth-order valence-corrected chi connectivity index (χ4v) is 1.77. The summed E-state index contributed by atoms with van der Waals surface area (Å²) < 4.78 is 31.7. The summed E-state index contributed by atoms with van der Waals surface area (Å²) >= 11 is 0. The van der Waals surface area contributed by atoms with Crippen LogP contribution in [0.4, 0.5) is 24.5 Å². The molecule has 116 valence electrons. The van der Waals surface area contributed by atoms with Crippen molar-refractivity contribution in [1.82, 2.24) is 0 Å². The molecule has 1 aromatic rings. The fraction of sp³-hybridized carbons (Fsp3) is 0.385. The highest BCUT2D eigenvalue weighted by atomic mass is 19.4. The Bertz CT molecular complexity index is 518. The zero-order valence-electron chi connectivity index (χ0n) is 11.1. The van der Waals surface area contributed by atoms with Crippen LogP contribution in [-0.4, -0.2) is 29.7 Å². The first-order chi connectivity index (χ1) is 9.71. The molecule has 0 aliphatic carbocycles. The maximum absolute atomic E-state index is 11.6. The molecule has 0 atom stereocenters. The number of nitrogen functional groups attached to an aromatic ring is 1. The van der Waals surface area contributed by atoms with Gasteiger partial charge in [0.05, 0.1) is 0 Å². The van der Waals surface area contributed by atoms with Crippen LogP contribution in [0, 0.1) is 0 Å². The molecule has 0 aromatic heterocycles. The molecule has 0 unspecified atom stereocenters. The molecule has 1 saturated heterocycles. The highest BCUT2D eigenvalue weighted by Crippen LogP contribution is 2.22. The Hall–Kier alpha value is -2.25. The van der Waals surface area contributed by atoms with E-state index in [4.69, 9.17) is 15.6 Å². The van der Waals surface area contributed by atoms with Gasteiger partial charge in [-0.1, -0.05) is 6.07 Å². The number of hydrogen-bond acceptors (Lipinski definition) is 3. The molecule has 3 N–H and O–H groups in total. The minimum atomic E-state index is -5.08. The van der Waals surface area contributed by atoms with E-state index in [0.717, 1.165) is 25.1 Å². The molecule has 1 heterocycles. The summed E-state index contributed by atoms with van der Waals surface area (Å²) in [6.45, 7) is 0.822. The lowest BCUT2D eigenvalue weighted by Gasteiger charge is -2.26. The van der Waals surface area contributed by atoms with Gasteiger partial charge in [-0.05, 0) is 31.0 Å². The summed E-state index contributed by atoms with van der Waals surface area (Å²) in [6.07, 6.45) is -2.33. The van der Waals surface area contributed by atoms with Crippen molar-refractivity contribution in [3.05, 3.63) is 24.3 Å². The zero-order valence-corrected chi connectivity index (χ0v) is 11.1. The maximum Gasteiger partial charge on any atom is 0.490 e. The number of alkyl halides is 3. The number of rotatable bonds is 1. The minimum Gasteiger partial charge on any atom is -0.475 e. The number of anilines is 2. The predicted molar refractivity (Wildman–Crippen MR) is 70.7 cm³/mol. The summed E-state index contributed by atoms with van der Waals surface area (Å²) in [7, 11) is 0. The van der Waals surface area contributed by atoms with Crippen molar-refractivity contribution in [2.24, 2.45) is 0 Å². The van der Waals surface area contributed by atoms with Crippen LogP contribution in [0.3, 0.4) is 0 Å². The van der Waals surface area contributed by atoms with Gasteiger partial charge in [-0.25, -0.2) is 4.79 Å². The van der Waals surface area contributed by atoms with Gasteiger partial charge in [0.15, 0.2) is 0 Å². The minimum absolute atomic E-state index is 0.210. The SMILES string of the molecule is Nc1cccc(N2CCCCC2=O)c1.O=C(O)C(F)(F)F. The average molecular weight is 304 g/mol. The highest BCUT2D eigenvalue weighted by molar-refractivity contribution is 5.94. The Labute approximate surface area is 119 Å². The van der Waals surface area contributed by atoms with E-state index in [1.165, 1.54) is 0 Å². The molecule has 1 aliphatic heterocycles. The Morgan fingerprint density at radius 2 is 1.90 bits per heavy atom. The van der Waals surface area contributed by atoms with Gasteiger partial charge < -0.3 is 15.7 Å². The van der Waals surface area contributed by atoms with Crippen LogP contribution in [0.25, 0.3) is 0 Å². The number of aliphatic carboxylic acids is 1. The smallest absolute Gasteiger partial charge is 0.475 e. The number of carboxylic acids is 1. The van der Waals surface area contributed by atoms with Crippen molar-refractivity contribution in [3.63, 3.8) is 0 Å². The molecule has 0 saturated carbocycles. The van der Waals surface area contributed by atoms with Gasteiger partial charge in [-0.15, -0.1) is 0 Å². The number of amides is 1. The number of halogens is 3. The molecule has 0 radical (unpaired) electrons. The predicted octanol–water partition coefficient (Wildman–Crippen LogP) is 2.42. The molecular formula is C13H15F3N2O3. The third kappa shape index (κ3) is 5.33. The van der Waals surface area contributed by atoms with Crippen molar-refractivity contribution in [2.45, 2.75) is 25.4 Å². The molecule has 1 aliphatic rings. The summed E-state index contributed by atoms with van der Waals surface area (Å²) in [5, 5.41) is 7.12. The topological polar surface area (TPSA) is 83.6 Å². The van der Waals surface area contributed by atoms with Crippen LogP contribution in [0.2, 0.25) is 0 Å². The van der Waals surface area contributed by atoms with E-state index in [1.807, 2.05) is 29.2 Å². The Kier molecular flexibility index (Phi) is 5.57. The first kappa shape index (κ1) is 16.8. The van der Waals surface area contributed by atoms with E-state index in [1.54, 1.807) is 0 Å². The molecule has 1 amide bonds. The number of piperidine rings is 1. The van der Waals surface area contributed by atoms with Crippen molar-refractivity contribution in [2.75, 3.05) is 17.2 Å². The van der Waals surface area contributed by atoms with Crippen LogP contribution >= 0.6 is 0 Å². The quantitative estimate of drug-likeness (QED) is 0.780. The first-order valence-corrected chi connectivity index (χ1v) is 6.18. The second-order valence-electron chi connectivity index (χ2n) is 4.40. The zero-order chi connectivity index (χ0) is 16.0. The van der Waals surface area contributed by atoms with Gasteiger partial charge >= 0.3 is 12.1 Å². The lowest BCUT2D eigenvalue weighted by Crippen LogP contribution is -2.35. The van der Waals surface area contributed by atoms with E-state index in [0.29, 0.717) is 12.1 Å². The van der Waals surface area contributed by atoms with E-state index < -0.39 is 12.1 Å². The van der Waals surface area contributed by atoms with Crippen LogP contribution in [0.1, 0.15) is 19.3 Å². The number of carbonyl (C=O) groups excluding carboxylic acids is 1. The van der Waals surface area contributed by atoms with Crippen molar-refractivity contribution < 1.29 is 27.9 Å². The number of hydrogen-bond donors (Lipinski definition) is 2. The van der Waals surface area contributed by atoms with E-state index in [2.05, 4.69) is 0 Å². The van der Waals surface area contributed by atoms with Crippen LogP contribution in [0.5, 0.6) is 0 Å². The fourth-order valence-electron chi connectivity index (χ4n) is 1.77. The molecule has 21 heavy (non-hydrogen) atoms.